The molecule has 0 aliphatic heterocycles. The van der Waals surface area contributed by atoms with Gasteiger partial charge in [0.15, 0.2) is 0 Å². The zero-order chi connectivity index (χ0) is 20.2. The summed E-state index contributed by atoms with van der Waals surface area (Å²) in [6.07, 6.45) is 5.33. The first-order chi connectivity index (χ1) is 14.1. The van der Waals surface area contributed by atoms with E-state index >= 15 is 0 Å². The van der Waals surface area contributed by atoms with Gasteiger partial charge in [0.1, 0.15) is 11.9 Å². The van der Waals surface area contributed by atoms with Crippen LogP contribution in [0.4, 0.5) is 0 Å². The highest BCUT2D eigenvalue weighted by Gasteiger charge is 2.28. The number of nitrogens with one attached hydrogen (secondary N) is 1. The number of carboxylic acid groups (broad SMARTS) is 1. The molecule has 0 amide bonds. The van der Waals surface area contributed by atoms with Gasteiger partial charge in [-0.05, 0) is 54.7 Å². The molecule has 29 heavy (non-hydrogen) atoms. The summed E-state index contributed by atoms with van der Waals surface area (Å²) >= 11 is 0. The number of rotatable bonds is 8. The first-order valence-corrected chi connectivity index (χ1v) is 9.96. The first kappa shape index (κ1) is 19.1. The maximum Gasteiger partial charge on any atom is 0.304 e. The average molecular weight is 388 g/mol. The summed E-state index contributed by atoms with van der Waals surface area (Å²) in [7, 11) is 0. The summed E-state index contributed by atoms with van der Waals surface area (Å²) < 4.78 is 6.37. The Balaban J connectivity index is 1.53. The highest BCUT2D eigenvalue weighted by molar-refractivity contribution is 5.78. The van der Waals surface area contributed by atoms with E-state index in [4.69, 9.17) is 9.84 Å². The second-order valence-electron chi connectivity index (χ2n) is 7.62. The third kappa shape index (κ3) is 4.78. The van der Waals surface area contributed by atoms with Gasteiger partial charge in [-0.2, -0.15) is 5.10 Å². The average Bonchev–Trinajstić information content (AvgIpc) is 3.40. The zero-order valence-corrected chi connectivity index (χ0v) is 16.4. The molecule has 0 bridgehead atoms. The molecule has 2 N–H and O–H groups in total. The topological polar surface area (TPSA) is 75.2 Å². The summed E-state index contributed by atoms with van der Waals surface area (Å²) in [6.45, 7) is 1.73. The number of aromatic nitrogens is 2. The van der Waals surface area contributed by atoms with Crippen molar-refractivity contribution in [2.45, 2.75) is 44.6 Å². The van der Waals surface area contributed by atoms with E-state index in [2.05, 4.69) is 34.2 Å². The van der Waals surface area contributed by atoms with Crippen LogP contribution in [0.25, 0.3) is 10.9 Å². The second kappa shape index (κ2) is 8.40. The molecule has 1 aromatic heterocycles. The van der Waals surface area contributed by atoms with Crippen LogP contribution >= 0.6 is 0 Å². The summed E-state index contributed by atoms with van der Waals surface area (Å²) in [5, 5.41) is 17.3. The van der Waals surface area contributed by atoms with E-state index in [1.807, 2.05) is 36.5 Å². The summed E-state index contributed by atoms with van der Waals surface area (Å²) in [5.74, 6) is 6.16. The molecule has 3 aromatic rings. The van der Waals surface area contributed by atoms with Crippen LogP contribution < -0.4 is 4.74 Å². The Bertz CT molecular complexity index is 1050. The Morgan fingerprint density at radius 2 is 2.00 bits per heavy atom. The standard InChI is InChI=1S/C24H24N2O3/c1-2-3-18(14-24(27)28)17-6-9-21(10-7-17)29-23(12-16-4-5-16)19-8-11-22-20(13-19)15-25-26-22/h6-11,13,15-16,18,23H,4-5,12,14H2,1H3,(H,25,26)(H,27,28)/t18?,23-/m0/s1. The number of aromatic amines is 1. The number of benzene rings is 2. The molecule has 1 aliphatic rings. The highest BCUT2D eigenvalue weighted by Crippen LogP contribution is 2.40. The molecular formula is C24H24N2O3. The predicted octanol–water partition coefficient (Wildman–Crippen LogP) is 5.06. The van der Waals surface area contributed by atoms with E-state index in [-0.39, 0.29) is 18.4 Å². The van der Waals surface area contributed by atoms with E-state index in [1.54, 1.807) is 6.92 Å². The van der Waals surface area contributed by atoms with Crippen molar-refractivity contribution in [1.82, 2.24) is 10.2 Å². The van der Waals surface area contributed by atoms with Crippen molar-refractivity contribution in [2.75, 3.05) is 0 Å². The monoisotopic (exact) mass is 388 g/mol. The lowest BCUT2D eigenvalue weighted by Crippen LogP contribution is -2.09. The smallest absolute Gasteiger partial charge is 0.304 e. The Morgan fingerprint density at radius 1 is 1.24 bits per heavy atom. The molecule has 1 unspecified atom stereocenters. The van der Waals surface area contributed by atoms with Crippen molar-refractivity contribution in [3.63, 3.8) is 0 Å². The quantitative estimate of drug-likeness (QED) is 0.529. The number of nitrogens with zero attached hydrogens (tertiary/aromatic N) is 1. The molecule has 5 heteroatoms. The Hall–Kier alpha value is -3.26. The first-order valence-electron chi connectivity index (χ1n) is 9.96. The van der Waals surface area contributed by atoms with E-state index < -0.39 is 5.97 Å². The molecule has 5 nitrogen and oxygen atoms in total. The van der Waals surface area contributed by atoms with Crippen LogP contribution in [0.2, 0.25) is 0 Å². The molecule has 4 rings (SSSR count). The van der Waals surface area contributed by atoms with Gasteiger partial charge in [-0.3, -0.25) is 9.89 Å². The van der Waals surface area contributed by atoms with Crippen LogP contribution in [-0.2, 0) is 4.79 Å². The molecule has 148 valence electrons. The van der Waals surface area contributed by atoms with Gasteiger partial charge in [0, 0.05) is 5.39 Å². The van der Waals surface area contributed by atoms with Crippen molar-refractivity contribution in [3.8, 4) is 17.6 Å². The number of hydrogen-bond donors (Lipinski definition) is 2. The fourth-order valence-corrected chi connectivity index (χ4v) is 3.61. The fraction of sp³-hybridized carbons (Fsp3) is 0.333. The maximum absolute atomic E-state index is 11.1. The lowest BCUT2D eigenvalue weighted by Gasteiger charge is -2.20. The van der Waals surface area contributed by atoms with Gasteiger partial charge in [-0.1, -0.05) is 37.0 Å². The number of ether oxygens (including phenoxy) is 1. The van der Waals surface area contributed by atoms with E-state index in [9.17, 15) is 4.79 Å². The van der Waals surface area contributed by atoms with Crippen molar-refractivity contribution in [2.24, 2.45) is 5.92 Å². The molecule has 0 spiro atoms. The Morgan fingerprint density at radius 3 is 2.69 bits per heavy atom. The van der Waals surface area contributed by atoms with Gasteiger partial charge in [0.05, 0.1) is 24.1 Å². The molecule has 0 saturated heterocycles. The van der Waals surface area contributed by atoms with Crippen LogP contribution in [0.3, 0.4) is 0 Å². The van der Waals surface area contributed by atoms with Crippen LogP contribution in [0.5, 0.6) is 5.75 Å². The zero-order valence-electron chi connectivity index (χ0n) is 16.4. The number of aliphatic carboxylic acids is 1. The van der Waals surface area contributed by atoms with Crippen LogP contribution in [0.1, 0.15) is 55.8 Å². The van der Waals surface area contributed by atoms with Crippen LogP contribution in [0, 0.1) is 17.8 Å². The highest BCUT2D eigenvalue weighted by atomic mass is 16.5. The molecule has 1 heterocycles. The van der Waals surface area contributed by atoms with E-state index in [1.165, 1.54) is 12.8 Å². The van der Waals surface area contributed by atoms with Crippen molar-refractivity contribution in [1.29, 1.82) is 0 Å². The fourth-order valence-electron chi connectivity index (χ4n) is 3.61. The van der Waals surface area contributed by atoms with Crippen molar-refractivity contribution >= 4 is 16.9 Å². The molecular weight excluding hydrogens is 364 g/mol. The summed E-state index contributed by atoms with van der Waals surface area (Å²) in [4.78, 5) is 11.1. The maximum atomic E-state index is 11.1. The number of H-pyrrole nitrogens is 1. The molecule has 2 atom stereocenters. The van der Waals surface area contributed by atoms with Gasteiger partial charge in [-0.25, -0.2) is 0 Å². The van der Waals surface area contributed by atoms with Crippen molar-refractivity contribution < 1.29 is 14.6 Å². The normalized spacial score (nSPS) is 15.3. The van der Waals surface area contributed by atoms with Gasteiger partial charge in [0.25, 0.3) is 0 Å². The van der Waals surface area contributed by atoms with Gasteiger partial charge >= 0.3 is 5.97 Å². The Kier molecular flexibility index (Phi) is 5.53. The SMILES string of the molecule is CC#CC(CC(=O)O)c1ccc(O[C@@H](CC2CC2)c2ccc3[nH]ncc3c2)cc1. The molecule has 0 radical (unpaired) electrons. The number of hydrogen-bond acceptors (Lipinski definition) is 3. The molecule has 2 aromatic carbocycles. The minimum absolute atomic E-state index is 0.00391. The lowest BCUT2D eigenvalue weighted by atomic mass is 9.96. The van der Waals surface area contributed by atoms with E-state index in [0.29, 0.717) is 0 Å². The van der Waals surface area contributed by atoms with Gasteiger partial charge in [-0.15, -0.1) is 5.92 Å². The number of fused-ring (bicyclic) bond motifs is 1. The lowest BCUT2D eigenvalue weighted by molar-refractivity contribution is -0.137. The number of carboxylic acids is 1. The minimum Gasteiger partial charge on any atom is -0.486 e. The third-order valence-corrected chi connectivity index (χ3v) is 5.34. The summed E-state index contributed by atoms with van der Waals surface area (Å²) in [5.41, 5.74) is 3.06. The predicted molar refractivity (Wildman–Crippen MR) is 112 cm³/mol. The molecule has 1 saturated carbocycles. The van der Waals surface area contributed by atoms with E-state index in [0.717, 1.165) is 40.1 Å². The Labute approximate surface area is 170 Å². The van der Waals surface area contributed by atoms with Crippen LogP contribution in [0.15, 0.2) is 48.7 Å². The largest absolute Gasteiger partial charge is 0.486 e. The minimum atomic E-state index is -0.850. The van der Waals surface area contributed by atoms with Crippen molar-refractivity contribution in [3.05, 3.63) is 59.8 Å². The van der Waals surface area contributed by atoms with Gasteiger partial charge < -0.3 is 9.84 Å². The second-order valence-corrected chi connectivity index (χ2v) is 7.62. The third-order valence-electron chi connectivity index (χ3n) is 5.34. The number of carbonyl (C=O) groups is 1. The van der Waals surface area contributed by atoms with Gasteiger partial charge in [0.2, 0.25) is 0 Å². The molecule has 1 fully saturated rings. The molecule has 1 aliphatic carbocycles. The summed E-state index contributed by atoms with van der Waals surface area (Å²) in [6, 6.07) is 13.9. The van der Waals surface area contributed by atoms with Crippen LogP contribution in [-0.4, -0.2) is 21.3 Å².